The summed E-state index contributed by atoms with van der Waals surface area (Å²) < 4.78 is 26.5. The van der Waals surface area contributed by atoms with Gasteiger partial charge in [0.2, 0.25) is 10.0 Å². The smallest absolute Gasteiger partial charge is 0.265 e. The van der Waals surface area contributed by atoms with Crippen molar-refractivity contribution in [1.29, 1.82) is 0 Å². The lowest BCUT2D eigenvalue weighted by Crippen LogP contribution is -2.33. The summed E-state index contributed by atoms with van der Waals surface area (Å²) in [6.45, 7) is 5.18. The standard InChI is InChI=1S/C31H40N2O5S.ClH/c1-23(2)20-28-21-27(15-16-29(28)31(36)33-39(37,38)19-7-18-34)25-13-11-24(12-14-25)8-6-17-32-22-30(35)26-9-4-3-5-10-26;/h3-5,9-16,21,23,30,32,34-35H,6-8,17-20,22H2,1-2H3,(H,33,36);1H/t30-;/m1./s1. The Kier molecular flexibility index (Phi) is 13.8. The maximum atomic E-state index is 12.8. The van der Waals surface area contributed by atoms with Gasteiger partial charge in [0.05, 0.1) is 11.9 Å². The Morgan fingerprint density at radius 1 is 0.925 bits per heavy atom. The fourth-order valence-electron chi connectivity index (χ4n) is 4.42. The first-order valence-electron chi connectivity index (χ1n) is 13.5. The van der Waals surface area contributed by atoms with Crippen molar-refractivity contribution in [2.45, 2.75) is 45.6 Å². The summed E-state index contributed by atoms with van der Waals surface area (Å²) in [4.78, 5) is 12.8. The van der Waals surface area contributed by atoms with Crippen molar-refractivity contribution in [3.8, 4) is 11.1 Å². The number of halogens is 1. The summed E-state index contributed by atoms with van der Waals surface area (Å²) >= 11 is 0. The van der Waals surface area contributed by atoms with Gasteiger partial charge in [0.1, 0.15) is 0 Å². The minimum atomic E-state index is -3.81. The van der Waals surface area contributed by atoms with Crippen molar-refractivity contribution in [2.24, 2.45) is 5.92 Å². The zero-order valence-electron chi connectivity index (χ0n) is 23.2. The van der Waals surface area contributed by atoms with Crippen molar-refractivity contribution in [3.63, 3.8) is 0 Å². The summed E-state index contributed by atoms with van der Waals surface area (Å²) in [5.41, 5.74) is 5.26. The average molecular weight is 589 g/mol. The van der Waals surface area contributed by atoms with Crippen LogP contribution in [-0.4, -0.2) is 50.0 Å². The van der Waals surface area contributed by atoms with Gasteiger partial charge in [0, 0.05) is 18.7 Å². The zero-order chi connectivity index (χ0) is 28.3. The lowest BCUT2D eigenvalue weighted by molar-refractivity contribution is 0.0980. The lowest BCUT2D eigenvalue weighted by atomic mass is 9.93. The minimum absolute atomic E-state index is 0. The van der Waals surface area contributed by atoms with Gasteiger partial charge in [-0.25, -0.2) is 13.1 Å². The Balaban J connectivity index is 0.00000560. The highest BCUT2D eigenvalue weighted by Gasteiger charge is 2.19. The van der Waals surface area contributed by atoms with Crippen molar-refractivity contribution in [2.75, 3.05) is 25.4 Å². The second kappa shape index (κ2) is 16.5. The summed E-state index contributed by atoms with van der Waals surface area (Å²) in [5, 5.41) is 22.5. The van der Waals surface area contributed by atoms with Crippen LogP contribution >= 0.6 is 12.4 Å². The summed E-state index contributed by atoms with van der Waals surface area (Å²) in [6.07, 6.45) is 2.06. The van der Waals surface area contributed by atoms with Crippen LogP contribution in [0.2, 0.25) is 0 Å². The number of hydrogen-bond acceptors (Lipinski definition) is 6. The Labute approximate surface area is 244 Å². The van der Waals surface area contributed by atoms with Crippen LogP contribution in [0.1, 0.15) is 59.8 Å². The molecule has 0 bridgehead atoms. The molecule has 1 atom stereocenters. The summed E-state index contributed by atoms with van der Waals surface area (Å²) in [5.74, 6) is -0.664. The Hall–Kier alpha value is -2.75. The van der Waals surface area contributed by atoms with Crippen LogP contribution in [0, 0.1) is 5.92 Å². The van der Waals surface area contributed by atoms with E-state index in [-0.39, 0.29) is 37.1 Å². The monoisotopic (exact) mass is 588 g/mol. The quantitative estimate of drug-likeness (QED) is 0.192. The van der Waals surface area contributed by atoms with Crippen LogP contribution in [0.15, 0.2) is 72.8 Å². The molecular weight excluding hydrogens is 548 g/mol. The molecule has 0 aliphatic carbocycles. The van der Waals surface area contributed by atoms with Gasteiger partial charge in [0.25, 0.3) is 5.91 Å². The van der Waals surface area contributed by atoms with Gasteiger partial charge >= 0.3 is 0 Å². The number of sulfonamides is 1. The predicted molar refractivity (Wildman–Crippen MR) is 163 cm³/mol. The van der Waals surface area contributed by atoms with E-state index in [2.05, 4.69) is 48.2 Å². The number of nitrogens with one attached hydrogen (secondary N) is 2. The zero-order valence-corrected chi connectivity index (χ0v) is 24.8. The molecule has 218 valence electrons. The van der Waals surface area contributed by atoms with E-state index in [9.17, 15) is 18.3 Å². The summed E-state index contributed by atoms with van der Waals surface area (Å²) in [6, 6.07) is 23.5. The minimum Gasteiger partial charge on any atom is -0.396 e. The lowest BCUT2D eigenvalue weighted by Gasteiger charge is -2.15. The number of amides is 1. The van der Waals surface area contributed by atoms with Crippen LogP contribution < -0.4 is 10.0 Å². The molecule has 0 aliphatic rings. The second-order valence-corrected chi connectivity index (χ2v) is 12.1. The first kappa shape index (κ1) is 33.5. The van der Waals surface area contributed by atoms with E-state index in [1.165, 1.54) is 5.56 Å². The molecule has 0 fully saturated rings. The number of benzene rings is 3. The van der Waals surface area contributed by atoms with Crippen LogP contribution in [0.25, 0.3) is 11.1 Å². The topological polar surface area (TPSA) is 116 Å². The fraction of sp³-hybridized carbons (Fsp3) is 0.387. The molecule has 40 heavy (non-hydrogen) atoms. The highest BCUT2D eigenvalue weighted by atomic mass is 35.5. The van der Waals surface area contributed by atoms with Crippen LogP contribution in [-0.2, 0) is 22.9 Å². The fourth-order valence-corrected chi connectivity index (χ4v) is 5.42. The van der Waals surface area contributed by atoms with Crippen molar-refractivity contribution < 1.29 is 23.4 Å². The molecule has 3 rings (SSSR count). The number of aliphatic hydroxyl groups excluding tert-OH is 2. The van der Waals surface area contributed by atoms with Crippen LogP contribution in [0.5, 0.6) is 0 Å². The van der Waals surface area contributed by atoms with E-state index >= 15 is 0 Å². The van der Waals surface area contributed by atoms with Gasteiger partial charge in [-0.15, -0.1) is 12.4 Å². The van der Waals surface area contributed by atoms with Crippen molar-refractivity contribution in [1.82, 2.24) is 10.0 Å². The number of hydrogen-bond donors (Lipinski definition) is 4. The molecule has 1 amide bonds. The molecule has 0 aliphatic heterocycles. The molecule has 0 heterocycles. The molecule has 0 saturated carbocycles. The average Bonchev–Trinajstić information content (AvgIpc) is 2.92. The van der Waals surface area contributed by atoms with Crippen molar-refractivity contribution >= 4 is 28.3 Å². The van der Waals surface area contributed by atoms with Crippen molar-refractivity contribution in [3.05, 3.63) is 95.1 Å². The van der Waals surface area contributed by atoms with Crippen LogP contribution in [0.4, 0.5) is 0 Å². The van der Waals surface area contributed by atoms with Crippen LogP contribution in [0.3, 0.4) is 0 Å². The number of carbonyl (C=O) groups is 1. The molecule has 0 saturated heterocycles. The Morgan fingerprint density at radius 3 is 2.25 bits per heavy atom. The van der Waals surface area contributed by atoms with Gasteiger partial charge in [-0.1, -0.05) is 80.6 Å². The SMILES string of the molecule is CC(C)Cc1cc(-c2ccc(CCCNC[C@@H](O)c3ccccc3)cc2)ccc1C(=O)NS(=O)(=O)CCCO.Cl. The molecule has 3 aromatic carbocycles. The second-order valence-electron chi connectivity index (χ2n) is 10.2. The maximum Gasteiger partial charge on any atom is 0.265 e. The Morgan fingerprint density at radius 2 is 1.60 bits per heavy atom. The first-order chi connectivity index (χ1) is 18.7. The van der Waals surface area contributed by atoms with Gasteiger partial charge in [0.15, 0.2) is 0 Å². The van der Waals surface area contributed by atoms with E-state index in [1.807, 2.05) is 42.5 Å². The third kappa shape index (κ3) is 10.7. The molecule has 4 N–H and O–H groups in total. The molecule has 3 aromatic rings. The highest BCUT2D eigenvalue weighted by Crippen LogP contribution is 2.25. The molecule has 0 radical (unpaired) electrons. The van der Waals surface area contributed by atoms with E-state index in [1.54, 1.807) is 6.07 Å². The molecular formula is C31H41ClN2O5S. The highest BCUT2D eigenvalue weighted by molar-refractivity contribution is 7.90. The van der Waals surface area contributed by atoms with E-state index in [0.717, 1.165) is 41.6 Å². The van der Waals surface area contributed by atoms with E-state index in [0.29, 0.717) is 18.5 Å². The molecule has 0 unspecified atom stereocenters. The maximum absolute atomic E-state index is 12.8. The van der Waals surface area contributed by atoms with E-state index in [4.69, 9.17) is 5.11 Å². The molecule has 0 spiro atoms. The summed E-state index contributed by atoms with van der Waals surface area (Å²) in [7, 11) is -3.81. The molecule has 7 nitrogen and oxygen atoms in total. The number of aliphatic hydroxyl groups is 2. The normalized spacial score (nSPS) is 12.1. The number of rotatable bonds is 15. The van der Waals surface area contributed by atoms with Gasteiger partial charge in [-0.3, -0.25) is 4.79 Å². The predicted octanol–water partition coefficient (Wildman–Crippen LogP) is 4.67. The first-order valence-corrected chi connectivity index (χ1v) is 15.2. The van der Waals surface area contributed by atoms with Gasteiger partial charge in [-0.2, -0.15) is 0 Å². The van der Waals surface area contributed by atoms with Gasteiger partial charge in [-0.05, 0) is 72.0 Å². The van der Waals surface area contributed by atoms with Gasteiger partial charge < -0.3 is 15.5 Å². The third-order valence-electron chi connectivity index (χ3n) is 6.43. The Bertz CT molecular complexity index is 1300. The number of aryl methyl sites for hydroxylation is 1. The molecule has 9 heteroatoms. The largest absolute Gasteiger partial charge is 0.396 e. The third-order valence-corrected chi connectivity index (χ3v) is 7.75. The number of carbonyl (C=O) groups excluding carboxylic acids is 1. The van der Waals surface area contributed by atoms with E-state index < -0.39 is 22.0 Å². The molecule has 0 aromatic heterocycles.